The Hall–Kier alpha value is -1.95. The van der Waals surface area contributed by atoms with Gasteiger partial charge in [-0.2, -0.15) is 5.10 Å². The maximum absolute atomic E-state index is 13.1. The monoisotopic (exact) mass is 341 g/mol. The standard InChI is InChI=1S/C19H27N5O/c1-10-7-15(16-11(2)23-24(3)18(16)21-10)19(25)22-17-12-5-4-6-13(17)9-14(20)8-12/h7,12-14,17H,4-6,8-9,20H2,1-3H3,(H,22,25). The van der Waals surface area contributed by atoms with Gasteiger partial charge in [-0.25, -0.2) is 4.98 Å². The minimum absolute atomic E-state index is 0.00368. The Morgan fingerprint density at radius 1 is 1.28 bits per heavy atom. The van der Waals surface area contributed by atoms with Crippen molar-refractivity contribution in [3.8, 4) is 0 Å². The van der Waals surface area contributed by atoms with E-state index in [9.17, 15) is 4.79 Å². The van der Waals surface area contributed by atoms with E-state index in [-0.39, 0.29) is 11.9 Å². The summed E-state index contributed by atoms with van der Waals surface area (Å²) in [5.41, 5.74) is 9.37. The molecule has 0 aliphatic heterocycles. The number of hydrogen-bond acceptors (Lipinski definition) is 4. The fraction of sp³-hybridized carbons (Fsp3) is 0.632. The summed E-state index contributed by atoms with van der Waals surface area (Å²) in [6.07, 6.45) is 5.66. The first-order valence-corrected chi connectivity index (χ1v) is 9.31. The number of amides is 1. The van der Waals surface area contributed by atoms with Crippen molar-refractivity contribution in [2.75, 3.05) is 0 Å². The second-order valence-corrected chi connectivity index (χ2v) is 7.90. The van der Waals surface area contributed by atoms with Crippen molar-refractivity contribution in [3.05, 3.63) is 23.0 Å². The van der Waals surface area contributed by atoms with Gasteiger partial charge in [0.25, 0.3) is 5.91 Å². The summed E-state index contributed by atoms with van der Waals surface area (Å²) < 4.78 is 1.75. The fourth-order valence-electron chi connectivity index (χ4n) is 5.00. The van der Waals surface area contributed by atoms with E-state index in [1.807, 2.05) is 27.0 Å². The smallest absolute Gasteiger partial charge is 0.252 e. The lowest BCUT2D eigenvalue weighted by Crippen LogP contribution is -2.53. The van der Waals surface area contributed by atoms with Crippen LogP contribution < -0.4 is 11.1 Å². The molecule has 6 heteroatoms. The van der Waals surface area contributed by atoms with Gasteiger partial charge < -0.3 is 11.1 Å². The van der Waals surface area contributed by atoms with Gasteiger partial charge in [0.15, 0.2) is 5.65 Å². The van der Waals surface area contributed by atoms with Gasteiger partial charge in [-0.1, -0.05) is 6.42 Å². The molecule has 2 aliphatic rings. The second kappa shape index (κ2) is 6.09. The van der Waals surface area contributed by atoms with Crippen molar-refractivity contribution < 1.29 is 4.79 Å². The molecule has 0 aromatic carbocycles. The summed E-state index contributed by atoms with van der Waals surface area (Å²) in [6.45, 7) is 3.86. The predicted molar refractivity (Wildman–Crippen MR) is 97.3 cm³/mol. The Labute approximate surface area is 148 Å². The van der Waals surface area contributed by atoms with E-state index >= 15 is 0 Å². The number of nitrogens with one attached hydrogen (secondary N) is 1. The van der Waals surface area contributed by atoms with Gasteiger partial charge in [0, 0.05) is 24.8 Å². The lowest BCUT2D eigenvalue weighted by Gasteiger charge is -2.45. The molecule has 2 fully saturated rings. The minimum Gasteiger partial charge on any atom is -0.349 e. The molecular formula is C19H27N5O. The van der Waals surface area contributed by atoms with Crippen molar-refractivity contribution in [3.63, 3.8) is 0 Å². The molecule has 25 heavy (non-hydrogen) atoms. The van der Waals surface area contributed by atoms with Crippen molar-refractivity contribution >= 4 is 16.9 Å². The summed E-state index contributed by atoms with van der Waals surface area (Å²) in [7, 11) is 1.87. The Morgan fingerprint density at radius 3 is 2.64 bits per heavy atom. The average Bonchev–Trinajstić information content (AvgIpc) is 2.82. The second-order valence-electron chi connectivity index (χ2n) is 7.90. The Balaban J connectivity index is 1.67. The number of fused-ring (bicyclic) bond motifs is 3. The van der Waals surface area contributed by atoms with Crippen molar-refractivity contribution in [2.24, 2.45) is 24.6 Å². The Morgan fingerprint density at radius 2 is 1.96 bits per heavy atom. The van der Waals surface area contributed by atoms with Crippen molar-refractivity contribution in [1.29, 1.82) is 0 Å². The molecule has 6 nitrogen and oxygen atoms in total. The Bertz CT molecular complexity index is 813. The van der Waals surface area contributed by atoms with E-state index < -0.39 is 0 Å². The molecule has 2 unspecified atom stereocenters. The van der Waals surface area contributed by atoms with Crippen LogP contribution in [-0.2, 0) is 7.05 Å². The molecule has 2 bridgehead atoms. The molecule has 134 valence electrons. The first kappa shape index (κ1) is 16.5. The molecule has 2 saturated carbocycles. The highest BCUT2D eigenvalue weighted by Crippen LogP contribution is 2.40. The zero-order valence-corrected chi connectivity index (χ0v) is 15.2. The van der Waals surface area contributed by atoms with Crippen LogP contribution in [0.4, 0.5) is 0 Å². The van der Waals surface area contributed by atoms with Gasteiger partial charge in [0.1, 0.15) is 0 Å². The fourth-order valence-corrected chi connectivity index (χ4v) is 5.00. The molecule has 0 spiro atoms. The average molecular weight is 341 g/mol. The van der Waals surface area contributed by atoms with Crippen LogP contribution in [0.25, 0.3) is 11.0 Å². The van der Waals surface area contributed by atoms with Gasteiger partial charge in [-0.15, -0.1) is 0 Å². The molecule has 3 N–H and O–H groups in total. The third kappa shape index (κ3) is 2.82. The molecule has 1 amide bonds. The number of hydrogen-bond donors (Lipinski definition) is 2. The zero-order chi connectivity index (χ0) is 17.7. The SMILES string of the molecule is Cc1cc(C(=O)NC2C3CCCC2CC(N)C3)c2c(C)nn(C)c2n1. The van der Waals surface area contributed by atoms with Crippen molar-refractivity contribution in [2.45, 2.75) is 58.0 Å². The molecule has 0 radical (unpaired) electrons. The van der Waals surface area contributed by atoms with Crippen LogP contribution in [0.2, 0.25) is 0 Å². The molecular weight excluding hydrogens is 314 g/mol. The van der Waals surface area contributed by atoms with Crippen LogP contribution in [0, 0.1) is 25.7 Å². The summed E-state index contributed by atoms with van der Waals surface area (Å²) in [5, 5.41) is 8.66. The van der Waals surface area contributed by atoms with Gasteiger partial charge in [-0.05, 0) is 57.4 Å². The summed E-state index contributed by atoms with van der Waals surface area (Å²) in [4.78, 5) is 17.7. The van der Waals surface area contributed by atoms with Crippen LogP contribution in [0.15, 0.2) is 6.07 Å². The number of carbonyl (C=O) groups is 1. The predicted octanol–water partition coefficient (Wildman–Crippen LogP) is 2.22. The lowest BCUT2D eigenvalue weighted by atomic mass is 9.67. The van der Waals surface area contributed by atoms with Gasteiger partial charge >= 0.3 is 0 Å². The van der Waals surface area contributed by atoms with E-state index in [0.29, 0.717) is 23.4 Å². The number of nitrogens with zero attached hydrogens (tertiary/aromatic N) is 3. The summed E-state index contributed by atoms with van der Waals surface area (Å²) >= 11 is 0. The zero-order valence-electron chi connectivity index (χ0n) is 15.2. The first-order chi connectivity index (χ1) is 11.9. The topological polar surface area (TPSA) is 85.8 Å². The van der Waals surface area contributed by atoms with Gasteiger partial charge in [0.05, 0.1) is 16.6 Å². The van der Waals surface area contributed by atoms with Crippen LogP contribution in [0.5, 0.6) is 0 Å². The highest BCUT2D eigenvalue weighted by atomic mass is 16.1. The van der Waals surface area contributed by atoms with Crippen LogP contribution >= 0.6 is 0 Å². The normalized spacial score (nSPS) is 29.0. The summed E-state index contributed by atoms with van der Waals surface area (Å²) in [6, 6.07) is 2.43. The van der Waals surface area contributed by atoms with Crippen LogP contribution in [0.3, 0.4) is 0 Å². The van der Waals surface area contributed by atoms with Gasteiger partial charge in [0.2, 0.25) is 0 Å². The first-order valence-electron chi connectivity index (χ1n) is 9.31. The summed E-state index contributed by atoms with van der Waals surface area (Å²) in [5.74, 6) is 1.03. The molecule has 2 aromatic heterocycles. The van der Waals surface area contributed by atoms with Crippen LogP contribution in [0.1, 0.15) is 53.8 Å². The van der Waals surface area contributed by atoms with E-state index in [1.165, 1.54) is 19.3 Å². The highest BCUT2D eigenvalue weighted by molar-refractivity contribution is 6.06. The van der Waals surface area contributed by atoms with E-state index in [4.69, 9.17) is 5.73 Å². The molecule has 0 saturated heterocycles. The maximum Gasteiger partial charge on any atom is 0.252 e. The third-order valence-corrected chi connectivity index (χ3v) is 6.02. The Kier molecular flexibility index (Phi) is 4.02. The third-order valence-electron chi connectivity index (χ3n) is 6.02. The molecule has 2 aliphatic carbocycles. The number of aryl methyl sites for hydroxylation is 3. The number of aromatic nitrogens is 3. The van der Waals surface area contributed by atoms with E-state index in [2.05, 4.69) is 15.4 Å². The lowest BCUT2D eigenvalue weighted by molar-refractivity contribution is 0.0757. The molecule has 2 heterocycles. The van der Waals surface area contributed by atoms with Gasteiger partial charge in [-0.3, -0.25) is 9.48 Å². The molecule has 4 rings (SSSR count). The minimum atomic E-state index is 0.00368. The molecule has 2 atom stereocenters. The van der Waals surface area contributed by atoms with E-state index in [1.54, 1.807) is 4.68 Å². The quantitative estimate of drug-likeness (QED) is 0.877. The number of pyridine rings is 1. The number of nitrogens with two attached hydrogens (primary N) is 1. The molecule has 2 aromatic rings. The largest absolute Gasteiger partial charge is 0.349 e. The number of carbonyl (C=O) groups excluding carboxylic acids is 1. The highest BCUT2D eigenvalue weighted by Gasteiger charge is 2.40. The van der Waals surface area contributed by atoms with E-state index in [0.717, 1.165) is 35.3 Å². The number of rotatable bonds is 2. The van der Waals surface area contributed by atoms with Crippen molar-refractivity contribution in [1.82, 2.24) is 20.1 Å². The maximum atomic E-state index is 13.1. The van der Waals surface area contributed by atoms with Crippen LogP contribution in [-0.4, -0.2) is 32.8 Å².